The molecule has 3 N–H and O–H groups in total. The minimum atomic E-state index is -0.609. The summed E-state index contributed by atoms with van der Waals surface area (Å²) in [5.41, 5.74) is 6.87. The SMILES string of the molecule is CCc1c(C)sc(NC(=O)c2cccc([N+](=O)[O-])c2C)c1C(N)=O. The summed E-state index contributed by atoms with van der Waals surface area (Å²) in [5, 5.41) is 14.0. The number of anilines is 1. The Labute approximate surface area is 142 Å². The van der Waals surface area contributed by atoms with Gasteiger partial charge in [-0.3, -0.25) is 19.7 Å². The van der Waals surface area contributed by atoms with Crippen molar-refractivity contribution in [2.24, 2.45) is 5.73 Å². The summed E-state index contributed by atoms with van der Waals surface area (Å²) in [4.78, 5) is 35.6. The summed E-state index contributed by atoms with van der Waals surface area (Å²) in [7, 11) is 0. The predicted octanol–water partition coefficient (Wildman–Crippen LogP) is 3.19. The molecule has 0 fully saturated rings. The number of thiophene rings is 1. The highest BCUT2D eigenvalue weighted by Gasteiger charge is 2.23. The lowest BCUT2D eigenvalue weighted by molar-refractivity contribution is -0.385. The minimum absolute atomic E-state index is 0.130. The molecule has 0 radical (unpaired) electrons. The third kappa shape index (κ3) is 3.13. The van der Waals surface area contributed by atoms with Crippen LogP contribution in [0.4, 0.5) is 10.7 Å². The maximum atomic E-state index is 12.5. The predicted molar refractivity (Wildman–Crippen MR) is 92.7 cm³/mol. The van der Waals surface area contributed by atoms with Gasteiger partial charge in [0.2, 0.25) is 0 Å². The molecular weight excluding hydrogens is 330 g/mol. The van der Waals surface area contributed by atoms with Crippen molar-refractivity contribution in [2.45, 2.75) is 27.2 Å². The van der Waals surface area contributed by atoms with Crippen LogP contribution >= 0.6 is 11.3 Å². The van der Waals surface area contributed by atoms with Crippen molar-refractivity contribution in [3.8, 4) is 0 Å². The fourth-order valence-electron chi connectivity index (χ4n) is 2.59. The highest BCUT2D eigenvalue weighted by atomic mass is 32.1. The third-order valence-corrected chi connectivity index (χ3v) is 4.85. The number of carbonyl (C=O) groups is 2. The van der Waals surface area contributed by atoms with Crippen LogP contribution in [0.25, 0.3) is 0 Å². The van der Waals surface area contributed by atoms with E-state index >= 15 is 0 Å². The van der Waals surface area contributed by atoms with Gasteiger partial charge >= 0.3 is 0 Å². The van der Waals surface area contributed by atoms with Crippen molar-refractivity contribution in [3.63, 3.8) is 0 Å². The first kappa shape index (κ1) is 17.6. The third-order valence-electron chi connectivity index (χ3n) is 3.78. The van der Waals surface area contributed by atoms with Crippen LogP contribution in [-0.2, 0) is 6.42 Å². The fraction of sp³-hybridized carbons (Fsp3) is 0.250. The number of nitrogens with two attached hydrogens (primary N) is 1. The summed E-state index contributed by atoms with van der Waals surface area (Å²) in [6.45, 7) is 5.27. The Balaban J connectivity index is 2.43. The molecule has 0 atom stereocenters. The molecular formula is C16H17N3O4S. The number of amides is 2. The first-order valence-corrected chi connectivity index (χ1v) is 8.07. The van der Waals surface area contributed by atoms with E-state index < -0.39 is 16.7 Å². The van der Waals surface area contributed by atoms with Crippen LogP contribution in [-0.4, -0.2) is 16.7 Å². The van der Waals surface area contributed by atoms with Crippen molar-refractivity contribution in [2.75, 3.05) is 5.32 Å². The Bertz CT molecular complexity index is 842. The first-order chi connectivity index (χ1) is 11.3. The van der Waals surface area contributed by atoms with Crippen LogP contribution in [0.5, 0.6) is 0 Å². The van der Waals surface area contributed by atoms with Crippen LogP contribution in [0.15, 0.2) is 18.2 Å². The second-order valence-electron chi connectivity index (χ2n) is 5.22. The van der Waals surface area contributed by atoms with Gasteiger partial charge in [0.05, 0.1) is 10.5 Å². The lowest BCUT2D eigenvalue weighted by Gasteiger charge is -2.08. The number of nitro groups is 1. The van der Waals surface area contributed by atoms with Crippen molar-refractivity contribution in [1.29, 1.82) is 0 Å². The van der Waals surface area contributed by atoms with Gasteiger partial charge in [-0.15, -0.1) is 11.3 Å². The van der Waals surface area contributed by atoms with Crippen LogP contribution in [0, 0.1) is 24.0 Å². The molecule has 126 valence electrons. The number of carbonyl (C=O) groups excluding carboxylic acids is 2. The highest BCUT2D eigenvalue weighted by Crippen LogP contribution is 2.33. The van der Waals surface area contributed by atoms with E-state index in [1.54, 1.807) is 0 Å². The molecule has 0 bridgehead atoms. The summed E-state index contributed by atoms with van der Waals surface area (Å²) in [5.74, 6) is -1.12. The lowest BCUT2D eigenvalue weighted by Crippen LogP contribution is -2.18. The standard InChI is InChI=1S/C16H17N3O4S/c1-4-10-9(3)24-16(13(10)14(17)20)18-15(21)11-6-5-7-12(8(11)2)19(22)23/h5-7H,4H2,1-3H3,(H2,17,20)(H,18,21). The Morgan fingerprint density at radius 2 is 2.00 bits per heavy atom. The van der Waals surface area contributed by atoms with Gasteiger partial charge in [-0.25, -0.2) is 0 Å². The van der Waals surface area contributed by atoms with Gasteiger partial charge in [-0.2, -0.15) is 0 Å². The quantitative estimate of drug-likeness (QED) is 0.638. The van der Waals surface area contributed by atoms with E-state index in [2.05, 4.69) is 5.32 Å². The molecule has 0 unspecified atom stereocenters. The molecule has 1 aromatic heterocycles. The van der Waals surface area contributed by atoms with Crippen molar-refractivity contribution >= 4 is 33.8 Å². The summed E-state index contributed by atoms with van der Waals surface area (Å²) in [6, 6.07) is 4.29. The van der Waals surface area contributed by atoms with Gasteiger partial charge in [0, 0.05) is 22.1 Å². The van der Waals surface area contributed by atoms with E-state index in [1.807, 2.05) is 13.8 Å². The number of primary amides is 1. The van der Waals surface area contributed by atoms with Crippen LogP contribution in [0.2, 0.25) is 0 Å². The zero-order valence-electron chi connectivity index (χ0n) is 13.5. The van der Waals surface area contributed by atoms with E-state index in [0.717, 1.165) is 10.4 Å². The Morgan fingerprint density at radius 1 is 1.33 bits per heavy atom. The average Bonchev–Trinajstić information content (AvgIpc) is 2.82. The lowest BCUT2D eigenvalue weighted by atomic mass is 10.1. The molecule has 2 aromatic rings. The molecule has 0 aliphatic heterocycles. The zero-order valence-corrected chi connectivity index (χ0v) is 14.3. The molecule has 1 heterocycles. The van der Waals surface area contributed by atoms with Gasteiger partial charge in [0.1, 0.15) is 5.00 Å². The average molecular weight is 347 g/mol. The Hall–Kier alpha value is -2.74. The van der Waals surface area contributed by atoms with E-state index in [4.69, 9.17) is 5.73 Å². The molecule has 0 aliphatic carbocycles. The molecule has 0 saturated carbocycles. The molecule has 0 aliphatic rings. The fourth-order valence-corrected chi connectivity index (χ4v) is 3.74. The number of rotatable bonds is 5. The van der Waals surface area contributed by atoms with E-state index in [1.165, 1.54) is 36.5 Å². The molecule has 2 rings (SSSR count). The van der Waals surface area contributed by atoms with Gasteiger partial charge in [-0.05, 0) is 31.9 Å². The number of nitro benzene ring substituents is 1. The van der Waals surface area contributed by atoms with Crippen molar-refractivity contribution in [3.05, 3.63) is 55.4 Å². The maximum absolute atomic E-state index is 12.5. The molecule has 1 aromatic carbocycles. The van der Waals surface area contributed by atoms with E-state index in [9.17, 15) is 19.7 Å². The molecule has 7 nitrogen and oxygen atoms in total. The maximum Gasteiger partial charge on any atom is 0.273 e. The minimum Gasteiger partial charge on any atom is -0.365 e. The highest BCUT2D eigenvalue weighted by molar-refractivity contribution is 7.16. The van der Waals surface area contributed by atoms with Crippen LogP contribution in [0.1, 0.15) is 43.6 Å². The van der Waals surface area contributed by atoms with Crippen LogP contribution < -0.4 is 11.1 Å². The van der Waals surface area contributed by atoms with Gasteiger partial charge in [-0.1, -0.05) is 13.0 Å². The van der Waals surface area contributed by atoms with E-state index in [0.29, 0.717) is 17.0 Å². The summed E-state index contributed by atoms with van der Waals surface area (Å²) in [6.07, 6.45) is 0.617. The first-order valence-electron chi connectivity index (χ1n) is 7.25. The van der Waals surface area contributed by atoms with Crippen molar-refractivity contribution < 1.29 is 14.5 Å². The molecule has 2 amide bonds. The number of nitrogens with zero attached hydrogens (tertiary/aromatic N) is 1. The number of hydrogen-bond donors (Lipinski definition) is 2. The van der Waals surface area contributed by atoms with Gasteiger partial charge in [0.15, 0.2) is 0 Å². The van der Waals surface area contributed by atoms with Crippen molar-refractivity contribution in [1.82, 2.24) is 0 Å². The normalized spacial score (nSPS) is 10.5. The number of benzene rings is 1. The van der Waals surface area contributed by atoms with Gasteiger partial charge < -0.3 is 11.1 Å². The Morgan fingerprint density at radius 3 is 2.54 bits per heavy atom. The second kappa shape index (κ2) is 6.79. The number of hydrogen-bond acceptors (Lipinski definition) is 5. The summed E-state index contributed by atoms with van der Waals surface area (Å²) >= 11 is 1.27. The smallest absolute Gasteiger partial charge is 0.273 e. The second-order valence-corrected chi connectivity index (χ2v) is 6.44. The molecule has 8 heteroatoms. The number of nitrogens with one attached hydrogen (secondary N) is 1. The molecule has 0 saturated heterocycles. The Kier molecular flexibility index (Phi) is 4.99. The topological polar surface area (TPSA) is 115 Å². The summed E-state index contributed by atoms with van der Waals surface area (Å²) < 4.78 is 0. The zero-order chi connectivity index (χ0) is 18.0. The van der Waals surface area contributed by atoms with E-state index in [-0.39, 0.29) is 16.8 Å². The monoisotopic (exact) mass is 347 g/mol. The largest absolute Gasteiger partial charge is 0.365 e. The van der Waals surface area contributed by atoms with Gasteiger partial charge in [0.25, 0.3) is 17.5 Å². The molecule has 24 heavy (non-hydrogen) atoms. The van der Waals surface area contributed by atoms with Crippen LogP contribution in [0.3, 0.4) is 0 Å². The molecule has 0 spiro atoms. The number of aryl methyl sites for hydroxylation is 1.